The van der Waals surface area contributed by atoms with E-state index in [0.717, 1.165) is 37.8 Å². The van der Waals surface area contributed by atoms with Crippen molar-refractivity contribution in [2.75, 3.05) is 26.2 Å². The van der Waals surface area contributed by atoms with Gasteiger partial charge in [-0.3, -0.25) is 9.59 Å². The number of carbonyl (C=O) groups excluding carboxylic acids is 2. The van der Waals surface area contributed by atoms with Gasteiger partial charge in [-0.2, -0.15) is 0 Å². The highest BCUT2D eigenvalue weighted by Gasteiger charge is 2.35. The van der Waals surface area contributed by atoms with Gasteiger partial charge in [-0.15, -0.1) is 0 Å². The summed E-state index contributed by atoms with van der Waals surface area (Å²) in [4.78, 5) is 29.4. The molecule has 0 saturated carbocycles. The van der Waals surface area contributed by atoms with Crippen LogP contribution in [0.5, 0.6) is 0 Å². The van der Waals surface area contributed by atoms with Crippen LogP contribution in [-0.4, -0.2) is 53.8 Å². The highest BCUT2D eigenvalue weighted by Crippen LogP contribution is 2.27. The summed E-state index contributed by atoms with van der Waals surface area (Å²) in [5.74, 6) is 0.984. The second kappa shape index (κ2) is 8.00. The van der Waals surface area contributed by atoms with E-state index in [9.17, 15) is 9.59 Å². The van der Waals surface area contributed by atoms with Gasteiger partial charge in [0, 0.05) is 43.7 Å². The second-order valence-electron chi connectivity index (χ2n) is 7.48. The Morgan fingerprint density at radius 3 is 2.40 bits per heavy atom. The van der Waals surface area contributed by atoms with Crippen LogP contribution in [0.2, 0.25) is 0 Å². The SMILES string of the molecule is CC1CCN(C(=O)C2CCN(C(=O)c3ccccc3)CC2)C(CN)C1. The highest BCUT2D eigenvalue weighted by atomic mass is 16.2. The van der Waals surface area contributed by atoms with Gasteiger partial charge in [-0.1, -0.05) is 25.1 Å². The number of rotatable bonds is 3. The maximum absolute atomic E-state index is 12.9. The Morgan fingerprint density at radius 2 is 1.76 bits per heavy atom. The summed E-state index contributed by atoms with van der Waals surface area (Å²) >= 11 is 0. The smallest absolute Gasteiger partial charge is 0.253 e. The molecule has 2 fully saturated rings. The van der Waals surface area contributed by atoms with E-state index in [-0.39, 0.29) is 23.8 Å². The van der Waals surface area contributed by atoms with Gasteiger partial charge in [0.15, 0.2) is 0 Å². The fourth-order valence-corrected chi connectivity index (χ4v) is 4.09. The third-order valence-corrected chi connectivity index (χ3v) is 5.69. The molecule has 2 heterocycles. The lowest BCUT2D eigenvalue weighted by molar-refractivity contribution is -0.141. The third-order valence-electron chi connectivity index (χ3n) is 5.69. The number of hydrogen-bond acceptors (Lipinski definition) is 3. The van der Waals surface area contributed by atoms with Gasteiger partial charge >= 0.3 is 0 Å². The molecule has 1 aromatic carbocycles. The Morgan fingerprint density at radius 1 is 1.08 bits per heavy atom. The molecule has 0 aromatic heterocycles. The van der Waals surface area contributed by atoms with Crippen molar-refractivity contribution in [3.8, 4) is 0 Å². The maximum Gasteiger partial charge on any atom is 0.253 e. The van der Waals surface area contributed by atoms with Gasteiger partial charge in [-0.25, -0.2) is 0 Å². The number of likely N-dealkylation sites (tertiary alicyclic amines) is 2. The Kier molecular flexibility index (Phi) is 5.74. The maximum atomic E-state index is 12.9. The molecule has 2 aliphatic heterocycles. The van der Waals surface area contributed by atoms with Crippen LogP contribution < -0.4 is 5.73 Å². The molecule has 5 nitrogen and oxygen atoms in total. The van der Waals surface area contributed by atoms with E-state index in [4.69, 9.17) is 5.73 Å². The summed E-state index contributed by atoms with van der Waals surface area (Å²) in [6, 6.07) is 9.55. The first kappa shape index (κ1) is 17.9. The fraction of sp³-hybridized carbons (Fsp3) is 0.600. The molecule has 136 valence electrons. The van der Waals surface area contributed by atoms with Gasteiger partial charge in [0.05, 0.1) is 0 Å². The van der Waals surface area contributed by atoms with Crippen molar-refractivity contribution in [1.82, 2.24) is 9.80 Å². The van der Waals surface area contributed by atoms with Crippen molar-refractivity contribution in [3.05, 3.63) is 35.9 Å². The van der Waals surface area contributed by atoms with Crippen LogP contribution >= 0.6 is 0 Å². The summed E-state index contributed by atoms with van der Waals surface area (Å²) < 4.78 is 0. The average molecular weight is 343 g/mol. The van der Waals surface area contributed by atoms with E-state index in [1.165, 1.54) is 0 Å². The summed E-state index contributed by atoms with van der Waals surface area (Å²) in [7, 11) is 0. The monoisotopic (exact) mass is 343 g/mol. The van der Waals surface area contributed by atoms with Crippen LogP contribution in [0.25, 0.3) is 0 Å². The zero-order chi connectivity index (χ0) is 17.8. The van der Waals surface area contributed by atoms with Gasteiger partial charge < -0.3 is 15.5 Å². The van der Waals surface area contributed by atoms with Gasteiger partial charge in [0.1, 0.15) is 0 Å². The molecule has 2 unspecified atom stereocenters. The van der Waals surface area contributed by atoms with Crippen molar-refractivity contribution < 1.29 is 9.59 Å². The zero-order valence-electron chi connectivity index (χ0n) is 15.1. The minimum Gasteiger partial charge on any atom is -0.339 e. The predicted octanol–water partition coefficient (Wildman–Crippen LogP) is 2.12. The lowest BCUT2D eigenvalue weighted by Gasteiger charge is -2.41. The van der Waals surface area contributed by atoms with Crippen LogP contribution in [-0.2, 0) is 4.79 Å². The number of nitrogens with two attached hydrogens (primary N) is 1. The fourth-order valence-electron chi connectivity index (χ4n) is 4.09. The van der Waals surface area contributed by atoms with E-state index in [1.54, 1.807) is 0 Å². The molecule has 5 heteroatoms. The van der Waals surface area contributed by atoms with Crippen LogP contribution in [0, 0.1) is 11.8 Å². The highest BCUT2D eigenvalue weighted by molar-refractivity contribution is 5.94. The van der Waals surface area contributed by atoms with Gasteiger partial charge in [-0.05, 0) is 43.7 Å². The first-order valence-electron chi connectivity index (χ1n) is 9.45. The number of piperidine rings is 2. The zero-order valence-corrected chi connectivity index (χ0v) is 15.1. The number of nitrogens with zero attached hydrogens (tertiary/aromatic N) is 2. The molecule has 0 aliphatic carbocycles. The molecule has 2 N–H and O–H groups in total. The lowest BCUT2D eigenvalue weighted by Crippen LogP contribution is -2.52. The molecular formula is C20H29N3O2. The number of amides is 2. The van der Waals surface area contributed by atoms with E-state index < -0.39 is 0 Å². The largest absolute Gasteiger partial charge is 0.339 e. The van der Waals surface area contributed by atoms with E-state index in [1.807, 2.05) is 40.1 Å². The van der Waals surface area contributed by atoms with E-state index >= 15 is 0 Å². The topological polar surface area (TPSA) is 66.6 Å². The third kappa shape index (κ3) is 4.03. The summed E-state index contributed by atoms with van der Waals surface area (Å²) in [6.07, 6.45) is 3.57. The minimum absolute atomic E-state index is 0.0299. The summed E-state index contributed by atoms with van der Waals surface area (Å²) in [6.45, 7) is 4.91. The number of benzene rings is 1. The molecule has 2 saturated heterocycles. The molecule has 2 aliphatic rings. The van der Waals surface area contributed by atoms with Crippen LogP contribution in [0.3, 0.4) is 0 Å². The Labute approximate surface area is 150 Å². The lowest BCUT2D eigenvalue weighted by atomic mass is 9.89. The minimum atomic E-state index is 0.0299. The first-order chi connectivity index (χ1) is 12.1. The summed E-state index contributed by atoms with van der Waals surface area (Å²) in [5.41, 5.74) is 6.63. The molecule has 1 aromatic rings. The van der Waals surface area contributed by atoms with Gasteiger partial charge in [0.25, 0.3) is 5.91 Å². The normalized spacial score (nSPS) is 25.0. The molecule has 0 spiro atoms. The van der Waals surface area contributed by atoms with Crippen molar-refractivity contribution in [1.29, 1.82) is 0 Å². The van der Waals surface area contributed by atoms with Crippen molar-refractivity contribution in [3.63, 3.8) is 0 Å². The molecular weight excluding hydrogens is 314 g/mol. The standard InChI is InChI=1S/C20H29N3O2/c1-15-7-12-23(18(13-15)14-21)20(25)17-8-10-22(11-9-17)19(24)16-5-3-2-4-6-16/h2-6,15,17-18H,7-14,21H2,1H3. The van der Waals surface area contributed by atoms with E-state index in [0.29, 0.717) is 25.6 Å². The van der Waals surface area contributed by atoms with Gasteiger partial charge in [0.2, 0.25) is 5.91 Å². The van der Waals surface area contributed by atoms with Crippen molar-refractivity contribution in [2.45, 2.75) is 38.6 Å². The molecule has 0 bridgehead atoms. The molecule has 2 atom stereocenters. The van der Waals surface area contributed by atoms with Crippen LogP contribution in [0.4, 0.5) is 0 Å². The summed E-state index contributed by atoms with van der Waals surface area (Å²) in [5, 5.41) is 0. The average Bonchev–Trinajstić information content (AvgIpc) is 2.67. The van der Waals surface area contributed by atoms with Crippen LogP contribution in [0.1, 0.15) is 43.0 Å². The second-order valence-corrected chi connectivity index (χ2v) is 7.48. The quantitative estimate of drug-likeness (QED) is 0.914. The molecule has 3 rings (SSSR count). The number of carbonyl (C=O) groups is 2. The van der Waals surface area contributed by atoms with Crippen molar-refractivity contribution in [2.24, 2.45) is 17.6 Å². The van der Waals surface area contributed by atoms with E-state index in [2.05, 4.69) is 6.92 Å². The number of hydrogen-bond donors (Lipinski definition) is 1. The first-order valence-corrected chi connectivity index (χ1v) is 9.45. The molecule has 0 radical (unpaired) electrons. The Balaban J connectivity index is 1.56. The predicted molar refractivity (Wildman–Crippen MR) is 98.0 cm³/mol. The van der Waals surface area contributed by atoms with Crippen LogP contribution in [0.15, 0.2) is 30.3 Å². The molecule has 2 amide bonds. The van der Waals surface area contributed by atoms with Crippen molar-refractivity contribution >= 4 is 11.8 Å². The Hall–Kier alpha value is -1.88. The Bertz CT molecular complexity index is 596. The molecule has 25 heavy (non-hydrogen) atoms.